The Hall–Kier alpha value is -2.18. The van der Waals surface area contributed by atoms with E-state index in [2.05, 4.69) is 10.0 Å². The van der Waals surface area contributed by atoms with Gasteiger partial charge in [0.2, 0.25) is 15.9 Å². The van der Waals surface area contributed by atoms with E-state index < -0.39 is 10.0 Å². The van der Waals surface area contributed by atoms with E-state index in [9.17, 15) is 13.2 Å². The minimum atomic E-state index is -3.46. The predicted octanol–water partition coefficient (Wildman–Crippen LogP) is 2.09. The summed E-state index contributed by atoms with van der Waals surface area (Å²) in [4.78, 5) is 11.6. The van der Waals surface area contributed by atoms with Gasteiger partial charge in [0.05, 0.1) is 4.90 Å². The number of nitrogens with one attached hydrogen (secondary N) is 2. The molecule has 2 N–H and O–H groups in total. The third-order valence-electron chi connectivity index (χ3n) is 3.82. The molecule has 0 unspecified atom stereocenters. The number of amides is 1. The van der Waals surface area contributed by atoms with Crippen LogP contribution in [0.15, 0.2) is 53.4 Å². The molecule has 0 radical (unpaired) electrons. The molecule has 6 heteroatoms. The molecule has 0 atom stereocenters. The number of hydrogen-bond acceptors (Lipinski definition) is 3. The van der Waals surface area contributed by atoms with Crippen LogP contribution in [0.25, 0.3) is 0 Å². The summed E-state index contributed by atoms with van der Waals surface area (Å²) in [5, 5.41) is 2.84. The van der Waals surface area contributed by atoms with Gasteiger partial charge < -0.3 is 5.32 Å². The monoisotopic (exact) mass is 330 g/mol. The standard InChI is InChI=1S/C17H18N2O3S/c20-17-9-7-14-12-13(6-8-16(14)19-17)10-11-18-23(21,22)15-4-2-1-3-5-15/h1-6,8,12,18H,7,9-11H2,(H,19,20). The first kappa shape index (κ1) is 15.7. The van der Waals surface area contributed by atoms with Gasteiger partial charge in [0.15, 0.2) is 0 Å². The summed E-state index contributed by atoms with van der Waals surface area (Å²) in [5.74, 6) is 0.0425. The van der Waals surface area contributed by atoms with E-state index in [0.717, 1.165) is 23.2 Å². The van der Waals surface area contributed by atoms with Crippen molar-refractivity contribution < 1.29 is 13.2 Å². The van der Waals surface area contributed by atoms with E-state index >= 15 is 0 Å². The van der Waals surface area contributed by atoms with Gasteiger partial charge in [0.25, 0.3) is 0 Å². The van der Waals surface area contributed by atoms with Crippen molar-refractivity contribution in [2.45, 2.75) is 24.2 Å². The first-order valence-electron chi connectivity index (χ1n) is 7.51. The molecule has 0 spiro atoms. The van der Waals surface area contributed by atoms with Crippen molar-refractivity contribution in [3.05, 3.63) is 59.7 Å². The van der Waals surface area contributed by atoms with Gasteiger partial charge in [0, 0.05) is 18.7 Å². The summed E-state index contributed by atoms with van der Waals surface area (Å²) in [6.45, 7) is 0.336. The average Bonchev–Trinajstić information content (AvgIpc) is 2.55. The summed E-state index contributed by atoms with van der Waals surface area (Å²) in [7, 11) is -3.46. The smallest absolute Gasteiger partial charge is 0.240 e. The lowest BCUT2D eigenvalue weighted by Crippen LogP contribution is -2.26. The Morgan fingerprint density at radius 2 is 1.83 bits per heavy atom. The van der Waals surface area contributed by atoms with Gasteiger partial charge >= 0.3 is 0 Å². The highest BCUT2D eigenvalue weighted by molar-refractivity contribution is 7.89. The molecule has 1 amide bonds. The molecule has 0 aromatic heterocycles. The van der Waals surface area contributed by atoms with Gasteiger partial charge in [0.1, 0.15) is 0 Å². The minimum Gasteiger partial charge on any atom is -0.326 e. The number of carbonyl (C=O) groups is 1. The second-order valence-corrected chi connectivity index (χ2v) is 7.27. The number of sulfonamides is 1. The zero-order chi connectivity index (χ0) is 16.3. The molecule has 1 aliphatic heterocycles. The molecule has 0 fully saturated rings. The normalized spacial score (nSPS) is 14.2. The van der Waals surface area contributed by atoms with Crippen molar-refractivity contribution in [2.75, 3.05) is 11.9 Å². The summed E-state index contributed by atoms with van der Waals surface area (Å²) in [5.41, 5.74) is 3.01. The molecular weight excluding hydrogens is 312 g/mol. The Morgan fingerprint density at radius 3 is 2.61 bits per heavy atom. The van der Waals surface area contributed by atoms with Gasteiger partial charge in [-0.3, -0.25) is 4.79 Å². The highest BCUT2D eigenvalue weighted by Gasteiger charge is 2.15. The van der Waals surface area contributed by atoms with E-state index in [-0.39, 0.29) is 10.8 Å². The molecule has 0 saturated carbocycles. The fourth-order valence-electron chi connectivity index (χ4n) is 2.60. The number of anilines is 1. The predicted molar refractivity (Wildman–Crippen MR) is 88.7 cm³/mol. The number of rotatable bonds is 5. The van der Waals surface area contributed by atoms with Crippen LogP contribution >= 0.6 is 0 Å². The Bertz CT molecular complexity index is 817. The maximum absolute atomic E-state index is 12.1. The largest absolute Gasteiger partial charge is 0.326 e. The van der Waals surface area contributed by atoms with Gasteiger partial charge in [-0.25, -0.2) is 13.1 Å². The molecule has 23 heavy (non-hydrogen) atoms. The zero-order valence-electron chi connectivity index (χ0n) is 12.6. The topological polar surface area (TPSA) is 75.3 Å². The molecule has 1 aliphatic rings. The van der Waals surface area contributed by atoms with Crippen molar-refractivity contribution in [3.63, 3.8) is 0 Å². The van der Waals surface area contributed by atoms with Crippen LogP contribution in [-0.4, -0.2) is 20.9 Å². The van der Waals surface area contributed by atoms with Crippen LogP contribution < -0.4 is 10.0 Å². The number of aryl methyl sites for hydroxylation is 1. The van der Waals surface area contributed by atoms with Crippen LogP contribution in [0.3, 0.4) is 0 Å². The van der Waals surface area contributed by atoms with Crippen LogP contribution in [0.2, 0.25) is 0 Å². The average molecular weight is 330 g/mol. The molecule has 0 aliphatic carbocycles. The van der Waals surface area contributed by atoms with Gasteiger partial charge in [-0.05, 0) is 42.2 Å². The molecular formula is C17H18N2O3S. The lowest BCUT2D eigenvalue weighted by atomic mass is 9.99. The highest BCUT2D eigenvalue weighted by Crippen LogP contribution is 2.23. The van der Waals surface area contributed by atoms with Crippen LogP contribution in [0.4, 0.5) is 5.69 Å². The maximum Gasteiger partial charge on any atom is 0.240 e. The van der Waals surface area contributed by atoms with Gasteiger partial charge in [-0.15, -0.1) is 0 Å². The first-order chi connectivity index (χ1) is 11.0. The van der Waals surface area contributed by atoms with Gasteiger partial charge in [-0.1, -0.05) is 30.3 Å². The number of fused-ring (bicyclic) bond motifs is 1. The molecule has 0 bridgehead atoms. The Morgan fingerprint density at radius 1 is 1.04 bits per heavy atom. The quantitative estimate of drug-likeness (QED) is 0.881. The molecule has 2 aromatic carbocycles. The molecule has 3 rings (SSSR count). The second kappa shape index (κ2) is 6.52. The second-order valence-electron chi connectivity index (χ2n) is 5.50. The van der Waals surface area contributed by atoms with Crippen molar-refractivity contribution in [3.8, 4) is 0 Å². The number of benzene rings is 2. The van der Waals surface area contributed by atoms with Crippen molar-refractivity contribution in [2.24, 2.45) is 0 Å². The number of carbonyl (C=O) groups excluding carboxylic acids is 1. The minimum absolute atomic E-state index is 0.0425. The zero-order valence-corrected chi connectivity index (χ0v) is 13.4. The van der Waals surface area contributed by atoms with Crippen LogP contribution in [0, 0.1) is 0 Å². The lowest BCUT2D eigenvalue weighted by Gasteiger charge is -2.17. The van der Waals surface area contributed by atoms with E-state index in [1.54, 1.807) is 30.3 Å². The van der Waals surface area contributed by atoms with E-state index in [4.69, 9.17) is 0 Å². The molecule has 2 aromatic rings. The number of hydrogen-bond donors (Lipinski definition) is 2. The van der Waals surface area contributed by atoms with Crippen molar-refractivity contribution in [1.82, 2.24) is 4.72 Å². The van der Waals surface area contributed by atoms with Gasteiger partial charge in [-0.2, -0.15) is 0 Å². The Labute approximate surface area is 135 Å². The fourth-order valence-corrected chi connectivity index (χ4v) is 3.66. The van der Waals surface area contributed by atoms with Crippen molar-refractivity contribution >= 4 is 21.6 Å². The third kappa shape index (κ3) is 3.78. The summed E-state index contributed by atoms with van der Waals surface area (Å²) in [6, 6.07) is 14.2. The van der Waals surface area contributed by atoms with Crippen LogP contribution in [0.1, 0.15) is 17.5 Å². The molecule has 5 nitrogen and oxygen atoms in total. The molecule has 120 valence electrons. The summed E-state index contributed by atoms with van der Waals surface area (Å²) < 4.78 is 26.9. The SMILES string of the molecule is O=C1CCc2cc(CCNS(=O)(=O)c3ccccc3)ccc2N1. The maximum atomic E-state index is 12.1. The highest BCUT2D eigenvalue weighted by atomic mass is 32.2. The van der Waals surface area contributed by atoms with Crippen molar-refractivity contribution in [1.29, 1.82) is 0 Å². The van der Waals surface area contributed by atoms with E-state index in [1.165, 1.54) is 0 Å². The first-order valence-corrected chi connectivity index (χ1v) is 8.99. The van der Waals surface area contributed by atoms with Crippen LogP contribution in [-0.2, 0) is 27.7 Å². The van der Waals surface area contributed by atoms with E-state index in [0.29, 0.717) is 19.4 Å². The summed E-state index contributed by atoms with van der Waals surface area (Å²) in [6.07, 6.45) is 1.83. The lowest BCUT2D eigenvalue weighted by molar-refractivity contribution is -0.116. The summed E-state index contributed by atoms with van der Waals surface area (Å²) >= 11 is 0. The Balaban J connectivity index is 1.62. The Kier molecular flexibility index (Phi) is 4.45. The van der Waals surface area contributed by atoms with Crippen LogP contribution in [0.5, 0.6) is 0 Å². The van der Waals surface area contributed by atoms with E-state index in [1.807, 2.05) is 18.2 Å². The molecule has 0 saturated heterocycles. The third-order valence-corrected chi connectivity index (χ3v) is 5.30. The fraction of sp³-hybridized carbons (Fsp3) is 0.235. The molecule has 1 heterocycles.